The molecule has 0 aliphatic carbocycles. The molecule has 0 spiro atoms. The summed E-state index contributed by atoms with van der Waals surface area (Å²) in [6.07, 6.45) is 2.16. The van der Waals surface area contributed by atoms with Gasteiger partial charge in [0.25, 0.3) is 0 Å². The number of methoxy groups -OCH3 is 1. The summed E-state index contributed by atoms with van der Waals surface area (Å²) in [5.41, 5.74) is 8.97. The molecule has 1 heterocycles. The number of benzene rings is 2. The van der Waals surface area contributed by atoms with Gasteiger partial charge in [0.05, 0.1) is 24.0 Å². The number of fused-ring (bicyclic) bond motifs is 1. The molecular weight excluding hydrogens is 336 g/mol. The van der Waals surface area contributed by atoms with Gasteiger partial charge in [0.15, 0.2) is 0 Å². The molecule has 2 aromatic carbocycles. The second-order valence-electron chi connectivity index (χ2n) is 7.42. The van der Waals surface area contributed by atoms with Gasteiger partial charge < -0.3 is 15.4 Å². The van der Waals surface area contributed by atoms with Gasteiger partial charge in [-0.25, -0.2) is 4.79 Å². The third kappa shape index (κ3) is 3.70. The van der Waals surface area contributed by atoms with Crippen molar-refractivity contribution in [3.63, 3.8) is 0 Å². The van der Waals surface area contributed by atoms with E-state index >= 15 is 0 Å². The van der Waals surface area contributed by atoms with E-state index in [-0.39, 0.29) is 5.97 Å². The molecule has 0 fully saturated rings. The van der Waals surface area contributed by atoms with Crippen molar-refractivity contribution in [1.29, 1.82) is 0 Å². The molecule has 0 amide bonds. The predicted molar refractivity (Wildman–Crippen MR) is 113 cm³/mol. The SMILES string of the molecule is COC(=O)c1ccc(/C=C(\C)c2c(C)cc3c(c2C)NC(C)C(C)N3)cc1. The highest BCUT2D eigenvalue weighted by Crippen LogP contribution is 2.38. The highest BCUT2D eigenvalue weighted by atomic mass is 16.5. The first-order valence-electron chi connectivity index (χ1n) is 9.36. The number of carbonyl (C=O) groups excluding carboxylic acids is 1. The number of esters is 1. The first-order chi connectivity index (χ1) is 12.8. The van der Waals surface area contributed by atoms with E-state index in [1.807, 2.05) is 12.1 Å². The average molecular weight is 364 g/mol. The molecule has 4 heteroatoms. The topological polar surface area (TPSA) is 50.4 Å². The molecule has 2 atom stereocenters. The summed E-state index contributed by atoms with van der Waals surface area (Å²) in [5.74, 6) is -0.314. The number of hydrogen-bond donors (Lipinski definition) is 2. The summed E-state index contributed by atoms with van der Waals surface area (Å²) in [5, 5.41) is 7.25. The van der Waals surface area contributed by atoms with Crippen LogP contribution in [0.1, 0.15) is 53.4 Å². The fourth-order valence-corrected chi connectivity index (χ4v) is 3.77. The third-order valence-electron chi connectivity index (χ3n) is 5.39. The van der Waals surface area contributed by atoms with Crippen LogP contribution in [0.4, 0.5) is 11.4 Å². The van der Waals surface area contributed by atoms with E-state index in [0.717, 1.165) is 5.56 Å². The zero-order chi connectivity index (χ0) is 19.7. The van der Waals surface area contributed by atoms with Crippen LogP contribution in [0.15, 0.2) is 30.3 Å². The fourth-order valence-electron chi connectivity index (χ4n) is 3.77. The van der Waals surface area contributed by atoms with Crippen molar-refractivity contribution >= 4 is 29.0 Å². The zero-order valence-electron chi connectivity index (χ0n) is 16.9. The first kappa shape index (κ1) is 19.0. The molecule has 2 N–H and O–H groups in total. The monoisotopic (exact) mass is 364 g/mol. The molecule has 2 aromatic rings. The van der Waals surface area contributed by atoms with Crippen LogP contribution >= 0.6 is 0 Å². The van der Waals surface area contributed by atoms with Crippen LogP contribution in [0.25, 0.3) is 11.6 Å². The van der Waals surface area contributed by atoms with Crippen LogP contribution in [-0.4, -0.2) is 25.2 Å². The predicted octanol–water partition coefficient (Wildman–Crippen LogP) is 5.26. The van der Waals surface area contributed by atoms with E-state index < -0.39 is 0 Å². The van der Waals surface area contributed by atoms with E-state index in [9.17, 15) is 4.79 Å². The second kappa shape index (κ2) is 7.47. The Kier molecular flexibility index (Phi) is 5.26. The van der Waals surface area contributed by atoms with E-state index in [1.54, 1.807) is 12.1 Å². The smallest absolute Gasteiger partial charge is 0.337 e. The normalized spacial score (nSPS) is 19.0. The van der Waals surface area contributed by atoms with Crippen LogP contribution < -0.4 is 10.6 Å². The van der Waals surface area contributed by atoms with Gasteiger partial charge in [0, 0.05) is 12.1 Å². The van der Waals surface area contributed by atoms with Gasteiger partial charge in [-0.05, 0) is 80.6 Å². The van der Waals surface area contributed by atoms with Crippen LogP contribution in [-0.2, 0) is 4.74 Å². The largest absolute Gasteiger partial charge is 0.465 e. The van der Waals surface area contributed by atoms with Crippen LogP contribution in [0.2, 0.25) is 0 Å². The Labute approximate surface area is 161 Å². The number of carbonyl (C=O) groups is 1. The van der Waals surface area contributed by atoms with Crippen molar-refractivity contribution in [2.24, 2.45) is 0 Å². The second-order valence-corrected chi connectivity index (χ2v) is 7.42. The standard InChI is InChI=1S/C23H28N2O2/c1-13(11-18-7-9-19(10-8-18)23(26)27-6)21-14(2)12-20-22(15(21)3)25-17(5)16(4)24-20/h7-12,16-17,24-25H,1-6H3/b13-11+. The van der Waals surface area contributed by atoms with Crippen molar-refractivity contribution in [1.82, 2.24) is 0 Å². The maximum Gasteiger partial charge on any atom is 0.337 e. The lowest BCUT2D eigenvalue weighted by atomic mass is 9.91. The Hall–Kier alpha value is -2.75. The summed E-state index contributed by atoms with van der Waals surface area (Å²) >= 11 is 0. The van der Waals surface area contributed by atoms with Crippen molar-refractivity contribution < 1.29 is 9.53 Å². The Morgan fingerprint density at radius 3 is 2.33 bits per heavy atom. The fraction of sp³-hybridized carbons (Fsp3) is 0.348. The van der Waals surface area contributed by atoms with Crippen molar-refractivity contribution in [3.05, 3.63) is 58.1 Å². The van der Waals surface area contributed by atoms with Gasteiger partial charge >= 0.3 is 5.97 Å². The number of allylic oxidation sites excluding steroid dienone is 1. The molecule has 0 saturated heterocycles. The number of ether oxygens (including phenoxy) is 1. The maximum atomic E-state index is 11.6. The van der Waals surface area contributed by atoms with Gasteiger partial charge in [0.1, 0.15) is 0 Å². The Morgan fingerprint density at radius 1 is 1.07 bits per heavy atom. The van der Waals surface area contributed by atoms with Crippen LogP contribution in [0.5, 0.6) is 0 Å². The number of aryl methyl sites for hydroxylation is 1. The van der Waals surface area contributed by atoms with Gasteiger partial charge in [-0.15, -0.1) is 0 Å². The molecule has 1 aliphatic heterocycles. The minimum absolute atomic E-state index is 0.314. The Bertz CT molecular complexity index is 898. The number of nitrogens with one attached hydrogen (secondary N) is 2. The summed E-state index contributed by atoms with van der Waals surface area (Å²) in [6, 6.07) is 10.5. The van der Waals surface area contributed by atoms with Gasteiger partial charge in [-0.1, -0.05) is 18.2 Å². The highest BCUT2D eigenvalue weighted by molar-refractivity contribution is 5.91. The summed E-state index contributed by atoms with van der Waals surface area (Å²) in [7, 11) is 1.40. The van der Waals surface area contributed by atoms with E-state index in [0.29, 0.717) is 17.6 Å². The zero-order valence-corrected chi connectivity index (χ0v) is 16.9. The molecule has 0 bridgehead atoms. The lowest BCUT2D eigenvalue weighted by Crippen LogP contribution is -2.39. The van der Waals surface area contributed by atoms with Crippen molar-refractivity contribution in [2.75, 3.05) is 17.7 Å². The lowest BCUT2D eigenvalue weighted by molar-refractivity contribution is 0.0600. The quantitative estimate of drug-likeness (QED) is 0.576. The molecule has 0 radical (unpaired) electrons. The molecule has 142 valence electrons. The van der Waals surface area contributed by atoms with Crippen LogP contribution in [0, 0.1) is 13.8 Å². The first-order valence-corrected chi connectivity index (χ1v) is 9.36. The van der Waals surface area contributed by atoms with Gasteiger partial charge in [0.2, 0.25) is 0 Å². The number of rotatable bonds is 3. The molecule has 1 aliphatic rings. The van der Waals surface area contributed by atoms with E-state index in [1.165, 1.54) is 40.7 Å². The highest BCUT2D eigenvalue weighted by Gasteiger charge is 2.24. The van der Waals surface area contributed by atoms with Crippen LogP contribution in [0.3, 0.4) is 0 Å². The van der Waals surface area contributed by atoms with E-state index in [2.05, 4.69) is 57.4 Å². The minimum Gasteiger partial charge on any atom is -0.465 e. The maximum absolute atomic E-state index is 11.6. The molecule has 2 unspecified atom stereocenters. The average Bonchev–Trinajstić information content (AvgIpc) is 2.63. The lowest BCUT2D eigenvalue weighted by Gasteiger charge is -2.34. The summed E-state index contributed by atoms with van der Waals surface area (Å²) < 4.78 is 4.76. The molecule has 3 rings (SSSR count). The van der Waals surface area contributed by atoms with E-state index in [4.69, 9.17) is 4.74 Å². The number of hydrogen-bond acceptors (Lipinski definition) is 4. The molecule has 27 heavy (non-hydrogen) atoms. The van der Waals surface area contributed by atoms with Gasteiger partial charge in [-0.2, -0.15) is 0 Å². The Balaban J connectivity index is 1.97. The minimum atomic E-state index is -0.314. The molecule has 0 saturated carbocycles. The van der Waals surface area contributed by atoms with Crippen molar-refractivity contribution in [2.45, 2.75) is 46.7 Å². The third-order valence-corrected chi connectivity index (χ3v) is 5.39. The Morgan fingerprint density at radius 2 is 1.70 bits per heavy atom. The summed E-state index contributed by atoms with van der Waals surface area (Å²) in [6.45, 7) is 10.9. The summed E-state index contributed by atoms with van der Waals surface area (Å²) in [4.78, 5) is 11.6. The molecule has 4 nitrogen and oxygen atoms in total. The number of anilines is 2. The molecular formula is C23H28N2O2. The molecule has 0 aromatic heterocycles. The van der Waals surface area contributed by atoms with Gasteiger partial charge in [-0.3, -0.25) is 0 Å². The van der Waals surface area contributed by atoms with Crippen molar-refractivity contribution in [3.8, 4) is 0 Å².